The zero-order valence-electron chi connectivity index (χ0n) is 9.18. The highest BCUT2D eigenvalue weighted by Gasteiger charge is 2.13. The number of hydrazine groups is 1. The van der Waals surface area contributed by atoms with Crippen LogP contribution in [0.3, 0.4) is 0 Å². The molecule has 3 N–H and O–H groups in total. The molecule has 1 aromatic rings. The van der Waals surface area contributed by atoms with Crippen molar-refractivity contribution in [3.05, 3.63) is 45.0 Å². The van der Waals surface area contributed by atoms with Gasteiger partial charge in [-0.2, -0.15) is 0 Å². The molecular formula is C12H17IN2. The second-order valence-electron chi connectivity index (χ2n) is 3.86. The Balaban J connectivity index is 3.01. The van der Waals surface area contributed by atoms with Crippen LogP contribution in [0, 0.1) is 10.5 Å². The Bertz CT molecular complexity index is 361. The minimum atomic E-state index is 0.161. The first-order chi connectivity index (χ1) is 7.06. The SMILES string of the molecule is C=C(C)CC(NN)c1cccc(C)c1I. The van der Waals surface area contributed by atoms with E-state index in [0.717, 1.165) is 12.0 Å². The van der Waals surface area contributed by atoms with Crippen molar-refractivity contribution in [2.24, 2.45) is 5.84 Å². The molecule has 0 aliphatic rings. The zero-order valence-corrected chi connectivity index (χ0v) is 11.3. The fraction of sp³-hybridized carbons (Fsp3) is 0.333. The predicted molar refractivity (Wildman–Crippen MR) is 73.4 cm³/mol. The van der Waals surface area contributed by atoms with Crippen molar-refractivity contribution in [2.75, 3.05) is 0 Å². The molecule has 0 saturated heterocycles. The highest BCUT2D eigenvalue weighted by Crippen LogP contribution is 2.26. The summed E-state index contributed by atoms with van der Waals surface area (Å²) in [6.07, 6.45) is 0.871. The number of hydrogen-bond donors (Lipinski definition) is 2. The fourth-order valence-electron chi connectivity index (χ4n) is 1.55. The summed E-state index contributed by atoms with van der Waals surface area (Å²) in [4.78, 5) is 0. The summed E-state index contributed by atoms with van der Waals surface area (Å²) >= 11 is 2.37. The summed E-state index contributed by atoms with van der Waals surface area (Å²) in [6, 6.07) is 6.45. The molecule has 1 rings (SSSR count). The molecule has 1 aromatic carbocycles. The Morgan fingerprint density at radius 1 is 1.60 bits per heavy atom. The van der Waals surface area contributed by atoms with Crippen molar-refractivity contribution in [2.45, 2.75) is 26.3 Å². The Kier molecular flexibility index (Phi) is 4.76. The minimum absolute atomic E-state index is 0.161. The maximum absolute atomic E-state index is 5.58. The average molecular weight is 316 g/mol. The highest BCUT2D eigenvalue weighted by atomic mass is 127. The van der Waals surface area contributed by atoms with E-state index in [1.54, 1.807) is 0 Å². The number of rotatable bonds is 4. The molecule has 0 fully saturated rings. The van der Waals surface area contributed by atoms with E-state index in [1.165, 1.54) is 14.7 Å². The van der Waals surface area contributed by atoms with Crippen molar-refractivity contribution in [1.29, 1.82) is 0 Å². The van der Waals surface area contributed by atoms with E-state index < -0.39 is 0 Å². The van der Waals surface area contributed by atoms with Crippen LogP contribution in [0.1, 0.15) is 30.5 Å². The van der Waals surface area contributed by atoms with Crippen LogP contribution in [0.4, 0.5) is 0 Å². The van der Waals surface area contributed by atoms with E-state index in [0.29, 0.717) is 0 Å². The lowest BCUT2D eigenvalue weighted by Crippen LogP contribution is -2.28. The predicted octanol–water partition coefficient (Wildman–Crippen LogP) is 3.07. The molecule has 3 heteroatoms. The normalized spacial score (nSPS) is 12.5. The lowest BCUT2D eigenvalue weighted by Gasteiger charge is -2.18. The van der Waals surface area contributed by atoms with Gasteiger partial charge in [-0.15, -0.1) is 6.58 Å². The molecule has 0 aliphatic heterocycles. The van der Waals surface area contributed by atoms with Crippen molar-refractivity contribution >= 4 is 22.6 Å². The van der Waals surface area contributed by atoms with Crippen LogP contribution in [0.25, 0.3) is 0 Å². The maximum atomic E-state index is 5.58. The smallest absolute Gasteiger partial charge is 0.0507 e. The highest BCUT2D eigenvalue weighted by molar-refractivity contribution is 14.1. The van der Waals surface area contributed by atoms with E-state index in [2.05, 4.69) is 59.7 Å². The number of hydrogen-bond acceptors (Lipinski definition) is 2. The molecule has 0 spiro atoms. The van der Waals surface area contributed by atoms with E-state index >= 15 is 0 Å². The molecule has 0 radical (unpaired) electrons. The van der Waals surface area contributed by atoms with Crippen molar-refractivity contribution in [3.8, 4) is 0 Å². The largest absolute Gasteiger partial charge is 0.271 e. The van der Waals surface area contributed by atoms with Gasteiger partial charge in [0.05, 0.1) is 6.04 Å². The number of aryl methyl sites for hydroxylation is 1. The second kappa shape index (κ2) is 5.63. The molecule has 0 aromatic heterocycles. The number of nitrogens with two attached hydrogens (primary N) is 1. The van der Waals surface area contributed by atoms with Gasteiger partial charge in [0.1, 0.15) is 0 Å². The van der Waals surface area contributed by atoms with Crippen LogP contribution in [-0.2, 0) is 0 Å². The molecule has 1 unspecified atom stereocenters. The fourth-order valence-corrected chi connectivity index (χ4v) is 2.28. The summed E-state index contributed by atoms with van der Waals surface area (Å²) in [7, 11) is 0. The molecule has 82 valence electrons. The molecule has 2 nitrogen and oxygen atoms in total. The summed E-state index contributed by atoms with van der Waals surface area (Å²) < 4.78 is 1.28. The van der Waals surface area contributed by atoms with Gasteiger partial charge in [-0.1, -0.05) is 23.8 Å². The van der Waals surface area contributed by atoms with Crippen LogP contribution in [-0.4, -0.2) is 0 Å². The number of nitrogens with one attached hydrogen (secondary N) is 1. The minimum Gasteiger partial charge on any atom is -0.271 e. The Morgan fingerprint density at radius 2 is 2.27 bits per heavy atom. The van der Waals surface area contributed by atoms with Crippen LogP contribution >= 0.6 is 22.6 Å². The third kappa shape index (κ3) is 3.29. The molecule has 0 heterocycles. The lowest BCUT2D eigenvalue weighted by molar-refractivity contribution is 0.548. The van der Waals surface area contributed by atoms with E-state index in [4.69, 9.17) is 5.84 Å². The number of halogens is 1. The first kappa shape index (κ1) is 12.7. The van der Waals surface area contributed by atoms with Gasteiger partial charge in [0.15, 0.2) is 0 Å². The maximum Gasteiger partial charge on any atom is 0.0507 e. The van der Waals surface area contributed by atoms with Crippen LogP contribution in [0.2, 0.25) is 0 Å². The summed E-state index contributed by atoms with van der Waals surface area (Å²) in [5, 5.41) is 0. The molecule has 1 atom stereocenters. The lowest BCUT2D eigenvalue weighted by atomic mass is 9.99. The van der Waals surface area contributed by atoms with Gasteiger partial charge in [-0.3, -0.25) is 11.3 Å². The Hall–Kier alpha value is -0.390. The zero-order chi connectivity index (χ0) is 11.4. The molecule has 0 saturated carbocycles. The van der Waals surface area contributed by atoms with Gasteiger partial charge < -0.3 is 0 Å². The van der Waals surface area contributed by atoms with Gasteiger partial charge in [-0.25, -0.2) is 0 Å². The van der Waals surface area contributed by atoms with Crippen molar-refractivity contribution in [1.82, 2.24) is 5.43 Å². The van der Waals surface area contributed by atoms with Gasteiger partial charge in [0, 0.05) is 3.57 Å². The van der Waals surface area contributed by atoms with E-state index in [9.17, 15) is 0 Å². The number of benzene rings is 1. The molecule has 0 aliphatic carbocycles. The first-order valence-corrected chi connectivity index (χ1v) is 5.99. The summed E-state index contributed by atoms with van der Waals surface area (Å²) in [5.41, 5.74) is 6.52. The van der Waals surface area contributed by atoms with E-state index in [-0.39, 0.29) is 6.04 Å². The monoisotopic (exact) mass is 316 g/mol. The first-order valence-electron chi connectivity index (χ1n) is 4.91. The second-order valence-corrected chi connectivity index (χ2v) is 4.94. The van der Waals surface area contributed by atoms with Crippen LogP contribution in [0.15, 0.2) is 30.4 Å². The van der Waals surface area contributed by atoms with Crippen molar-refractivity contribution in [3.63, 3.8) is 0 Å². The third-order valence-electron chi connectivity index (χ3n) is 2.35. The quantitative estimate of drug-likeness (QED) is 0.388. The van der Waals surface area contributed by atoms with E-state index in [1.807, 2.05) is 6.92 Å². The standard InChI is InChI=1S/C12H17IN2/c1-8(2)7-11(15-14)10-6-4-5-9(3)12(10)13/h4-6,11,15H,1,7,14H2,2-3H3. The Morgan fingerprint density at radius 3 is 2.80 bits per heavy atom. The molecule has 0 bridgehead atoms. The van der Waals surface area contributed by atoms with Gasteiger partial charge in [-0.05, 0) is 54.0 Å². The topological polar surface area (TPSA) is 38.0 Å². The summed E-state index contributed by atoms with van der Waals surface area (Å²) in [6.45, 7) is 8.05. The van der Waals surface area contributed by atoms with Crippen LogP contribution in [0.5, 0.6) is 0 Å². The average Bonchev–Trinajstić information content (AvgIpc) is 2.19. The Labute approximate surface area is 105 Å². The van der Waals surface area contributed by atoms with Gasteiger partial charge >= 0.3 is 0 Å². The van der Waals surface area contributed by atoms with Gasteiger partial charge in [0.2, 0.25) is 0 Å². The molecule has 0 amide bonds. The molecule has 15 heavy (non-hydrogen) atoms. The van der Waals surface area contributed by atoms with Crippen molar-refractivity contribution < 1.29 is 0 Å². The van der Waals surface area contributed by atoms with Crippen LogP contribution < -0.4 is 11.3 Å². The van der Waals surface area contributed by atoms with Gasteiger partial charge in [0.25, 0.3) is 0 Å². The summed E-state index contributed by atoms with van der Waals surface area (Å²) in [5.74, 6) is 5.58. The molecular weight excluding hydrogens is 299 g/mol. The third-order valence-corrected chi connectivity index (χ3v) is 3.82.